The fourth-order valence-corrected chi connectivity index (χ4v) is 7.50. The van der Waals surface area contributed by atoms with Crippen molar-refractivity contribution in [3.05, 3.63) is 77.8 Å². The van der Waals surface area contributed by atoms with Gasteiger partial charge in [-0.2, -0.15) is 5.10 Å². The second kappa shape index (κ2) is 13.8. The molecule has 1 aromatic carbocycles. The van der Waals surface area contributed by atoms with E-state index < -0.39 is 0 Å². The van der Waals surface area contributed by atoms with Gasteiger partial charge in [0, 0.05) is 72.9 Å². The zero-order valence-electron chi connectivity index (χ0n) is 27.8. The molecule has 0 saturated carbocycles. The molecule has 4 heterocycles. The Morgan fingerprint density at radius 3 is 2.53 bits per heavy atom. The SMILES string of the molecule is C=C(/C=N\c1c(C)c(-c2cnn(C3CCN(CC)CC3)c2)cn1C1=CCCC=C1)c1cc(C)c(N2CCCC(CN)C2)c(C)c1. The number of piperidine rings is 2. The van der Waals surface area contributed by atoms with E-state index >= 15 is 0 Å². The molecule has 0 radical (unpaired) electrons. The molecule has 238 valence electrons. The fourth-order valence-electron chi connectivity index (χ4n) is 7.50. The van der Waals surface area contributed by atoms with Crippen LogP contribution in [0, 0.1) is 26.7 Å². The van der Waals surface area contributed by atoms with Crippen LogP contribution in [0.5, 0.6) is 0 Å². The van der Waals surface area contributed by atoms with Gasteiger partial charge in [-0.3, -0.25) is 4.68 Å². The quantitative estimate of drug-likeness (QED) is 0.254. The van der Waals surface area contributed by atoms with E-state index in [-0.39, 0.29) is 0 Å². The molecule has 2 N–H and O–H groups in total. The summed E-state index contributed by atoms with van der Waals surface area (Å²) in [5, 5.41) is 4.84. The lowest BCUT2D eigenvalue weighted by Crippen LogP contribution is -2.39. The number of anilines is 1. The second-order valence-electron chi connectivity index (χ2n) is 13.3. The molecular weight excluding hydrogens is 554 g/mol. The minimum atomic E-state index is 0.462. The highest BCUT2D eigenvalue weighted by Crippen LogP contribution is 2.37. The zero-order chi connectivity index (χ0) is 31.5. The Morgan fingerprint density at radius 1 is 1.07 bits per heavy atom. The van der Waals surface area contributed by atoms with Gasteiger partial charge in [0.2, 0.25) is 0 Å². The number of aromatic nitrogens is 3. The molecule has 45 heavy (non-hydrogen) atoms. The average Bonchev–Trinajstić information content (AvgIpc) is 3.68. The minimum absolute atomic E-state index is 0.462. The molecule has 3 aliphatic rings. The van der Waals surface area contributed by atoms with Crippen LogP contribution in [-0.2, 0) is 0 Å². The molecule has 6 rings (SSSR count). The monoisotopic (exact) mass is 605 g/mol. The number of benzene rings is 1. The topological polar surface area (TPSA) is 67.6 Å². The number of hydrogen-bond donors (Lipinski definition) is 1. The molecule has 2 fully saturated rings. The van der Waals surface area contributed by atoms with Gasteiger partial charge in [-0.05, 0) is 119 Å². The zero-order valence-corrected chi connectivity index (χ0v) is 27.8. The smallest absolute Gasteiger partial charge is 0.140 e. The lowest BCUT2D eigenvalue weighted by atomic mass is 9.94. The molecule has 0 bridgehead atoms. The number of nitrogens with zero attached hydrogens (tertiary/aromatic N) is 6. The van der Waals surface area contributed by atoms with E-state index in [1.807, 2.05) is 12.4 Å². The molecule has 1 aliphatic carbocycles. The van der Waals surface area contributed by atoms with Crippen molar-refractivity contribution >= 4 is 29.0 Å². The Morgan fingerprint density at radius 2 is 1.84 bits per heavy atom. The highest BCUT2D eigenvalue weighted by molar-refractivity contribution is 6.10. The molecule has 1 atom stereocenters. The van der Waals surface area contributed by atoms with Crippen molar-refractivity contribution in [1.82, 2.24) is 19.2 Å². The number of nitrogens with two attached hydrogens (primary N) is 1. The molecule has 0 spiro atoms. The highest BCUT2D eigenvalue weighted by Gasteiger charge is 2.24. The van der Waals surface area contributed by atoms with E-state index in [2.05, 4.69) is 96.1 Å². The Labute approximate surface area is 269 Å². The standard InChI is InChI=1S/C38H51N7/c1-6-42-17-14-35(15-18-42)45-25-33(23-41-45)36-26-44(34-12-8-7-9-13-34)38(30(36)5)40-22-29(4)32-19-27(2)37(28(3)20-32)43-16-10-11-31(21-39)24-43/h8,12-13,19-20,22-23,25-26,31,35H,4,6-7,9-11,14-18,21,24,39H2,1-3,5H3/b40-22-. The first-order chi connectivity index (χ1) is 21.9. The van der Waals surface area contributed by atoms with Crippen molar-refractivity contribution in [2.24, 2.45) is 16.6 Å². The van der Waals surface area contributed by atoms with Crippen LogP contribution in [0.15, 0.2) is 60.5 Å². The Bertz CT molecular complexity index is 1590. The first-order valence-electron chi connectivity index (χ1n) is 17.0. The molecule has 2 aliphatic heterocycles. The van der Waals surface area contributed by atoms with E-state index in [9.17, 15) is 0 Å². The van der Waals surface area contributed by atoms with Crippen LogP contribution >= 0.6 is 0 Å². The van der Waals surface area contributed by atoms with Crippen molar-refractivity contribution in [3.63, 3.8) is 0 Å². The average molecular weight is 606 g/mol. The summed E-state index contributed by atoms with van der Waals surface area (Å²) in [6.45, 7) is 19.6. The van der Waals surface area contributed by atoms with E-state index in [0.717, 1.165) is 93.0 Å². The molecule has 1 unspecified atom stereocenters. The maximum atomic E-state index is 6.04. The first-order valence-corrected chi connectivity index (χ1v) is 17.0. The van der Waals surface area contributed by atoms with Crippen LogP contribution in [0.4, 0.5) is 11.5 Å². The van der Waals surface area contributed by atoms with Crippen LogP contribution in [0.1, 0.15) is 73.7 Å². The maximum Gasteiger partial charge on any atom is 0.140 e. The Hall–Kier alpha value is -3.68. The molecular formula is C38H51N7. The maximum absolute atomic E-state index is 6.04. The number of allylic oxidation sites excluding steroid dienone is 5. The summed E-state index contributed by atoms with van der Waals surface area (Å²) in [6, 6.07) is 5.00. The van der Waals surface area contributed by atoms with Crippen LogP contribution in [0.3, 0.4) is 0 Å². The summed E-state index contributed by atoms with van der Waals surface area (Å²) in [5.74, 6) is 1.52. The van der Waals surface area contributed by atoms with Gasteiger partial charge >= 0.3 is 0 Å². The number of rotatable bonds is 9. The number of aliphatic imine (C=N–C) groups is 1. The minimum Gasteiger partial charge on any atom is -0.371 e. The fraction of sp³-hybridized carbons (Fsp3) is 0.474. The number of likely N-dealkylation sites (tertiary alicyclic amines) is 1. The van der Waals surface area contributed by atoms with Crippen molar-refractivity contribution in [1.29, 1.82) is 0 Å². The predicted octanol–water partition coefficient (Wildman–Crippen LogP) is 7.72. The van der Waals surface area contributed by atoms with Crippen LogP contribution in [0.25, 0.3) is 22.4 Å². The lowest BCUT2D eigenvalue weighted by molar-refractivity contribution is 0.187. The van der Waals surface area contributed by atoms with Crippen molar-refractivity contribution in [3.8, 4) is 11.1 Å². The first kappa shape index (κ1) is 31.3. The third-order valence-electron chi connectivity index (χ3n) is 10.1. The lowest BCUT2D eigenvalue weighted by Gasteiger charge is -2.36. The van der Waals surface area contributed by atoms with Gasteiger partial charge in [0.15, 0.2) is 0 Å². The normalized spacial score (nSPS) is 19.9. The largest absolute Gasteiger partial charge is 0.371 e. The molecule has 2 aromatic heterocycles. The van der Waals surface area contributed by atoms with Gasteiger partial charge in [0.25, 0.3) is 0 Å². The molecule has 2 saturated heterocycles. The van der Waals surface area contributed by atoms with Gasteiger partial charge in [-0.25, -0.2) is 4.99 Å². The molecule has 7 nitrogen and oxygen atoms in total. The summed E-state index contributed by atoms with van der Waals surface area (Å²) in [6.07, 6.45) is 22.1. The van der Waals surface area contributed by atoms with E-state index in [0.29, 0.717) is 12.0 Å². The number of aryl methyl sites for hydroxylation is 2. The van der Waals surface area contributed by atoms with Crippen molar-refractivity contribution in [2.75, 3.05) is 44.2 Å². The van der Waals surface area contributed by atoms with Crippen LogP contribution in [-0.4, -0.2) is 64.7 Å². The van der Waals surface area contributed by atoms with Gasteiger partial charge < -0.3 is 20.1 Å². The van der Waals surface area contributed by atoms with Crippen molar-refractivity contribution in [2.45, 2.75) is 72.3 Å². The van der Waals surface area contributed by atoms with Crippen molar-refractivity contribution < 1.29 is 0 Å². The summed E-state index contributed by atoms with van der Waals surface area (Å²) >= 11 is 0. The van der Waals surface area contributed by atoms with Crippen LogP contribution < -0.4 is 10.6 Å². The van der Waals surface area contributed by atoms with Gasteiger partial charge in [-0.1, -0.05) is 25.7 Å². The third-order valence-corrected chi connectivity index (χ3v) is 10.1. The number of hydrogen-bond acceptors (Lipinski definition) is 5. The summed E-state index contributed by atoms with van der Waals surface area (Å²) in [7, 11) is 0. The van der Waals surface area contributed by atoms with E-state index in [1.54, 1.807) is 0 Å². The molecule has 3 aromatic rings. The molecule has 7 heteroatoms. The Balaban J connectivity index is 1.27. The van der Waals surface area contributed by atoms with E-state index in [1.165, 1.54) is 40.9 Å². The summed E-state index contributed by atoms with van der Waals surface area (Å²) in [5.41, 5.74) is 16.6. The summed E-state index contributed by atoms with van der Waals surface area (Å²) in [4.78, 5) is 10.2. The second-order valence-corrected chi connectivity index (χ2v) is 13.3. The summed E-state index contributed by atoms with van der Waals surface area (Å²) < 4.78 is 4.43. The predicted molar refractivity (Wildman–Crippen MR) is 191 cm³/mol. The Kier molecular flexibility index (Phi) is 9.57. The van der Waals surface area contributed by atoms with Gasteiger partial charge in [0.05, 0.1) is 12.2 Å². The third kappa shape index (κ3) is 6.66. The van der Waals surface area contributed by atoms with Gasteiger partial charge in [-0.15, -0.1) is 0 Å². The highest BCUT2D eigenvalue weighted by atomic mass is 15.3. The van der Waals surface area contributed by atoms with E-state index in [4.69, 9.17) is 15.8 Å². The van der Waals surface area contributed by atoms with Crippen LogP contribution in [0.2, 0.25) is 0 Å². The van der Waals surface area contributed by atoms with Gasteiger partial charge in [0.1, 0.15) is 5.82 Å². The molecule has 0 amide bonds.